The zero-order valence-corrected chi connectivity index (χ0v) is 16.2. The molecule has 1 aromatic heterocycles. The van der Waals surface area contributed by atoms with Gasteiger partial charge in [-0.15, -0.1) is 0 Å². The van der Waals surface area contributed by atoms with Crippen LogP contribution in [0.25, 0.3) is 0 Å². The van der Waals surface area contributed by atoms with Gasteiger partial charge in [-0.25, -0.2) is 0 Å². The van der Waals surface area contributed by atoms with E-state index in [4.69, 9.17) is 4.74 Å². The zero-order valence-electron chi connectivity index (χ0n) is 16.2. The third-order valence-corrected chi connectivity index (χ3v) is 5.00. The molecule has 0 saturated heterocycles. The second kappa shape index (κ2) is 8.37. The average molecular weight is 369 g/mol. The van der Waals surface area contributed by atoms with Gasteiger partial charge in [-0.3, -0.25) is 14.3 Å². The maximum absolute atomic E-state index is 12.1. The highest BCUT2D eigenvalue weighted by molar-refractivity contribution is 5.80. The third kappa shape index (κ3) is 4.96. The van der Waals surface area contributed by atoms with Crippen LogP contribution in [0.2, 0.25) is 0 Å². The molecule has 1 atom stereocenters. The lowest BCUT2D eigenvalue weighted by Crippen LogP contribution is -2.32. The first-order valence-corrected chi connectivity index (χ1v) is 9.50. The number of hydrogen-bond donors (Lipinski definition) is 1. The van der Waals surface area contributed by atoms with Crippen LogP contribution in [-0.4, -0.2) is 28.3 Å². The maximum atomic E-state index is 12.1. The Kier molecular flexibility index (Phi) is 5.94. The largest absolute Gasteiger partial charge is 0.454 e. The fourth-order valence-electron chi connectivity index (χ4n) is 3.54. The highest BCUT2D eigenvalue weighted by Crippen LogP contribution is 2.24. The van der Waals surface area contributed by atoms with Crippen molar-refractivity contribution in [2.24, 2.45) is 0 Å². The van der Waals surface area contributed by atoms with Crippen LogP contribution in [-0.2, 0) is 33.7 Å². The van der Waals surface area contributed by atoms with E-state index in [1.807, 2.05) is 26.8 Å². The van der Waals surface area contributed by atoms with Crippen molar-refractivity contribution in [3.63, 3.8) is 0 Å². The molecule has 6 heteroatoms. The third-order valence-electron chi connectivity index (χ3n) is 5.00. The van der Waals surface area contributed by atoms with Crippen LogP contribution in [0.4, 0.5) is 0 Å². The summed E-state index contributed by atoms with van der Waals surface area (Å²) in [6.07, 6.45) is 4.72. The molecule has 1 N–H and O–H groups in total. The summed E-state index contributed by atoms with van der Waals surface area (Å²) < 4.78 is 6.66. The lowest BCUT2D eigenvalue weighted by atomic mass is 9.89. The summed E-state index contributed by atoms with van der Waals surface area (Å²) in [6, 6.07) is 8.19. The van der Waals surface area contributed by atoms with Gasteiger partial charge in [-0.1, -0.05) is 18.2 Å². The Morgan fingerprint density at radius 1 is 1.19 bits per heavy atom. The van der Waals surface area contributed by atoms with Gasteiger partial charge in [0.05, 0.1) is 11.7 Å². The minimum absolute atomic E-state index is 0.00727. The van der Waals surface area contributed by atoms with E-state index in [0.717, 1.165) is 29.8 Å². The molecule has 0 fully saturated rings. The molecule has 0 spiro atoms. The quantitative estimate of drug-likeness (QED) is 0.795. The second-order valence-corrected chi connectivity index (χ2v) is 7.27. The molecule has 0 radical (unpaired) electrons. The first kappa shape index (κ1) is 19.1. The van der Waals surface area contributed by atoms with Crippen molar-refractivity contribution < 1.29 is 14.3 Å². The van der Waals surface area contributed by atoms with Crippen LogP contribution in [0.5, 0.6) is 0 Å². The number of benzene rings is 1. The first-order valence-electron chi connectivity index (χ1n) is 9.50. The zero-order chi connectivity index (χ0) is 19.4. The molecule has 27 heavy (non-hydrogen) atoms. The SMILES string of the molecule is Cc1cc(C)n(CC(=O)OCC(=O)NC(C)c2ccc3c(c2)CCCC3)n1. The Morgan fingerprint density at radius 2 is 1.93 bits per heavy atom. The number of aryl methyl sites for hydroxylation is 4. The molecule has 1 amide bonds. The fourth-order valence-corrected chi connectivity index (χ4v) is 3.54. The highest BCUT2D eigenvalue weighted by atomic mass is 16.5. The minimum atomic E-state index is -0.474. The van der Waals surface area contributed by atoms with Crippen LogP contribution in [0.15, 0.2) is 24.3 Å². The van der Waals surface area contributed by atoms with Gasteiger partial charge in [0.1, 0.15) is 6.54 Å². The Morgan fingerprint density at radius 3 is 2.63 bits per heavy atom. The molecule has 3 rings (SSSR count). The van der Waals surface area contributed by atoms with Gasteiger partial charge in [-0.2, -0.15) is 5.10 Å². The topological polar surface area (TPSA) is 73.2 Å². The normalized spacial score (nSPS) is 14.3. The number of nitrogens with zero attached hydrogens (tertiary/aromatic N) is 2. The molecule has 1 heterocycles. The van der Waals surface area contributed by atoms with Crippen LogP contribution in [0.1, 0.15) is 53.9 Å². The van der Waals surface area contributed by atoms with Crippen molar-refractivity contribution in [1.29, 1.82) is 0 Å². The van der Waals surface area contributed by atoms with E-state index in [9.17, 15) is 9.59 Å². The molecule has 6 nitrogen and oxygen atoms in total. The summed E-state index contributed by atoms with van der Waals surface area (Å²) >= 11 is 0. The van der Waals surface area contributed by atoms with E-state index < -0.39 is 5.97 Å². The summed E-state index contributed by atoms with van der Waals surface area (Å²) in [7, 11) is 0. The number of esters is 1. The lowest BCUT2D eigenvalue weighted by Gasteiger charge is -2.20. The number of amides is 1. The smallest absolute Gasteiger partial charge is 0.328 e. The van der Waals surface area contributed by atoms with E-state index in [1.54, 1.807) is 4.68 Å². The summed E-state index contributed by atoms with van der Waals surface area (Å²) in [5.74, 6) is -0.778. The molecule has 0 bridgehead atoms. The Balaban J connectivity index is 1.48. The molecule has 2 aromatic rings. The molecule has 0 saturated carbocycles. The molecule has 0 aliphatic heterocycles. The van der Waals surface area contributed by atoms with Gasteiger partial charge in [0.25, 0.3) is 5.91 Å². The monoisotopic (exact) mass is 369 g/mol. The Bertz CT molecular complexity index is 841. The summed E-state index contributed by atoms with van der Waals surface area (Å²) in [4.78, 5) is 24.1. The van der Waals surface area contributed by atoms with Crippen molar-refractivity contribution in [2.45, 2.75) is 59.0 Å². The second-order valence-electron chi connectivity index (χ2n) is 7.27. The summed E-state index contributed by atoms with van der Waals surface area (Å²) in [5.41, 5.74) is 5.61. The van der Waals surface area contributed by atoms with Gasteiger partial charge in [0.2, 0.25) is 0 Å². The average Bonchev–Trinajstić information content (AvgIpc) is 2.96. The van der Waals surface area contributed by atoms with E-state index in [1.165, 1.54) is 24.0 Å². The van der Waals surface area contributed by atoms with Gasteiger partial charge in [0.15, 0.2) is 6.61 Å². The number of rotatable bonds is 6. The molecule has 1 aliphatic rings. The molecule has 144 valence electrons. The van der Waals surface area contributed by atoms with Crippen LogP contribution in [0.3, 0.4) is 0 Å². The number of carbonyl (C=O) groups excluding carboxylic acids is 2. The Hall–Kier alpha value is -2.63. The highest BCUT2D eigenvalue weighted by Gasteiger charge is 2.15. The lowest BCUT2D eigenvalue weighted by molar-refractivity contribution is -0.149. The summed E-state index contributed by atoms with van der Waals surface area (Å²) in [5, 5.41) is 7.11. The molecule has 1 unspecified atom stereocenters. The molecular weight excluding hydrogens is 342 g/mol. The predicted molar refractivity (Wildman–Crippen MR) is 102 cm³/mol. The van der Waals surface area contributed by atoms with Crippen molar-refractivity contribution in [2.75, 3.05) is 6.61 Å². The first-order chi connectivity index (χ1) is 12.9. The molecular formula is C21H27N3O3. The van der Waals surface area contributed by atoms with Crippen LogP contribution < -0.4 is 5.32 Å². The van der Waals surface area contributed by atoms with E-state index in [2.05, 4.69) is 28.6 Å². The van der Waals surface area contributed by atoms with E-state index in [-0.39, 0.29) is 25.1 Å². The number of nitrogens with one attached hydrogen (secondary N) is 1. The number of hydrogen-bond acceptors (Lipinski definition) is 4. The van der Waals surface area contributed by atoms with Crippen molar-refractivity contribution in [3.8, 4) is 0 Å². The van der Waals surface area contributed by atoms with E-state index in [0.29, 0.717) is 0 Å². The Labute approximate surface area is 159 Å². The number of ether oxygens (including phenoxy) is 1. The number of fused-ring (bicyclic) bond motifs is 1. The van der Waals surface area contributed by atoms with Crippen molar-refractivity contribution >= 4 is 11.9 Å². The minimum Gasteiger partial charge on any atom is -0.454 e. The van der Waals surface area contributed by atoms with Crippen molar-refractivity contribution in [3.05, 3.63) is 52.3 Å². The standard InChI is InChI=1S/C21H27N3O3/c1-14-10-15(2)24(23-14)12-21(26)27-13-20(25)22-16(3)18-9-8-17-6-4-5-7-19(17)11-18/h8-11,16H,4-7,12-13H2,1-3H3,(H,22,25). The van der Waals surface area contributed by atoms with Gasteiger partial charge >= 0.3 is 5.97 Å². The number of carbonyl (C=O) groups is 2. The van der Waals surface area contributed by atoms with Crippen LogP contribution in [0, 0.1) is 13.8 Å². The summed E-state index contributed by atoms with van der Waals surface area (Å²) in [6.45, 7) is 5.41. The molecule has 1 aliphatic carbocycles. The fraction of sp³-hybridized carbons (Fsp3) is 0.476. The molecule has 1 aromatic carbocycles. The van der Waals surface area contributed by atoms with E-state index >= 15 is 0 Å². The number of aromatic nitrogens is 2. The predicted octanol–water partition coefficient (Wildman–Crippen LogP) is 2.80. The maximum Gasteiger partial charge on any atom is 0.328 e. The van der Waals surface area contributed by atoms with Crippen molar-refractivity contribution in [1.82, 2.24) is 15.1 Å². The van der Waals surface area contributed by atoms with Crippen LogP contribution >= 0.6 is 0 Å². The van der Waals surface area contributed by atoms with Gasteiger partial charge < -0.3 is 10.1 Å². The van der Waals surface area contributed by atoms with Gasteiger partial charge in [-0.05, 0) is 69.2 Å². The van der Waals surface area contributed by atoms with Gasteiger partial charge in [0, 0.05) is 5.69 Å².